The first-order chi connectivity index (χ1) is 13.4. The molecule has 5 atom stereocenters. The number of aliphatic hydroxyl groups excluding tert-OH is 3. The summed E-state index contributed by atoms with van der Waals surface area (Å²) < 4.78 is 5.59. The molecule has 0 saturated carbocycles. The predicted octanol–water partition coefficient (Wildman–Crippen LogP) is 2.90. The van der Waals surface area contributed by atoms with Gasteiger partial charge in [-0.05, 0) is 32.1 Å². The number of allylic oxidation sites excluding steroid dienone is 5. The molecule has 1 fully saturated rings. The van der Waals surface area contributed by atoms with Gasteiger partial charge in [0, 0.05) is 12.8 Å². The van der Waals surface area contributed by atoms with Crippen molar-refractivity contribution >= 4 is 5.97 Å². The standard InChI is InChI=1S/C22H34O6/c1-2-3-4-5-6-7-8-9-10-11-17(23)12-14-20-19(25)16-21(28-20)18(24)13-15-22(26)27/h3-4,6-7,9-10,12,14,17-21,23-25H,2,5,8,11,13,15-16H2,1H3,(H,26,27)/b4-3-,7-6-,10-9-,14-12+/t17-,18+,19+,20+,21+/m1/s1. The molecule has 0 radical (unpaired) electrons. The lowest BCUT2D eigenvalue weighted by atomic mass is 10.0. The highest BCUT2D eigenvalue weighted by molar-refractivity contribution is 5.66. The summed E-state index contributed by atoms with van der Waals surface area (Å²) in [5.74, 6) is -0.978. The lowest BCUT2D eigenvalue weighted by Crippen LogP contribution is -2.26. The van der Waals surface area contributed by atoms with Gasteiger partial charge in [0.25, 0.3) is 0 Å². The van der Waals surface area contributed by atoms with Gasteiger partial charge in [0.2, 0.25) is 0 Å². The van der Waals surface area contributed by atoms with Crippen LogP contribution in [0.15, 0.2) is 48.6 Å². The quantitative estimate of drug-likeness (QED) is 0.358. The third kappa shape index (κ3) is 10.6. The topological polar surface area (TPSA) is 107 Å². The molecule has 158 valence electrons. The molecular weight excluding hydrogens is 360 g/mol. The maximum Gasteiger partial charge on any atom is 0.303 e. The van der Waals surface area contributed by atoms with E-state index in [1.54, 1.807) is 12.2 Å². The highest BCUT2D eigenvalue weighted by Crippen LogP contribution is 2.25. The minimum Gasteiger partial charge on any atom is -0.481 e. The van der Waals surface area contributed by atoms with Gasteiger partial charge in [-0.1, -0.05) is 55.5 Å². The first-order valence-electron chi connectivity index (χ1n) is 9.98. The average Bonchev–Trinajstić information content (AvgIpc) is 3.04. The third-order valence-electron chi connectivity index (χ3n) is 4.45. The van der Waals surface area contributed by atoms with Crippen LogP contribution in [-0.2, 0) is 9.53 Å². The number of aliphatic carboxylic acids is 1. The number of carboxylic acid groups (broad SMARTS) is 1. The molecule has 4 N–H and O–H groups in total. The van der Waals surface area contributed by atoms with Crippen LogP contribution in [0.1, 0.15) is 51.9 Å². The Bertz CT molecular complexity index is 551. The van der Waals surface area contributed by atoms with E-state index in [0.717, 1.165) is 19.3 Å². The number of aliphatic hydroxyl groups is 3. The molecule has 0 bridgehead atoms. The van der Waals surface area contributed by atoms with Crippen LogP contribution in [-0.4, -0.2) is 56.9 Å². The molecule has 1 saturated heterocycles. The van der Waals surface area contributed by atoms with Gasteiger partial charge in [-0.2, -0.15) is 0 Å². The second kappa shape index (κ2) is 14.3. The van der Waals surface area contributed by atoms with Crippen molar-refractivity contribution in [2.24, 2.45) is 0 Å². The minimum absolute atomic E-state index is 0.0832. The van der Waals surface area contributed by atoms with Crippen molar-refractivity contribution < 1.29 is 30.0 Å². The number of carbonyl (C=O) groups is 1. The summed E-state index contributed by atoms with van der Waals surface area (Å²) in [5.41, 5.74) is 0. The maximum atomic E-state index is 10.6. The first-order valence-corrected chi connectivity index (χ1v) is 9.98. The summed E-state index contributed by atoms with van der Waals surface area (Å²) in [5, 5.41) is 38.7. The maximum absolute atomic E-state index is 10.6. The van der Waals surface area contributed by atoms with Crippen LogP contribution in [0, 0.1) is 0 Å². The van der Waals surface area contributed by atoms with E-state index in [1.807, 2.05) is 12.2 Å². The zero-order valence-corrected chi connectivity index (χ0v) is 16.6. The Kier molecular flexibility index (Phi) is 12.4. The van der Waals surface area contributed by atoms with Crippen LogP contribution in [0.5, 0.6) is 0 Å². The largest absolute Gasteiger partial charge is 0.481 e. The minimum atomic E-state index is -0.978. The van der Waals surface area contributed by atoms with Gasteiger partial charge >= 0.3 is 5.97 Å². The fourth-order valence-electron chi connectivity index (χ4n) is 2.86. The Morgan fingerprint density at radius 1 is 1.11 bits per heavy atom. The fourth-order valence-corrected chi connectivity index (χ4v) is 2.86. The fraction of sp³-hybridized carbons (Fsp3) is 0.591. The Hall–Kier alpha value is -1.73. The van der Waals surface area contributed by atoms with E-state index >= 15 is 0 Å². The van der Waals surface area contributed by atoms with E-state index in [1.165, 1.54) is 0 Å². The summed E-state index contributed by atoms with van der Waals surface area (Å²) in [7, 11) is 0. The lowest BCUT2D eigenvalue weighted by molar-refractivity contribution is -0.138. The number of rotatable bonds is 13. The monoisotopic (exact) mass is 394 g/mol. The van der Waals surface area contributed by atoms with Crippen LogP contribution in [0.4, 0.5) is 0 Å². The summed E-state index contributed by atoms with van der Waals surface area (Å²) in [6, 6.07) is 0. The van der Waals surface area contributed by atoms with Crippen molar-refractivity contribution in [3.05, 3.63) is 48.6 Å². The van der Waals surface area contributed by atoms with E-state index in [0.29, 0.717) is 6.42 Å². The number of hydrogen-bond acceptors (Lipinski definition) is 5. The Morgan fingerprint density at radius 3 is 2.39 bits per heavy atom. The Labute approximate surface area is 167 Å². The molecule has 0 aromatic heterocycles. The highest BCUT2D eigenvalue weighted by Gasteiger charge is 2.36. The molecule has 0 aliphatic carbocycles. The molecule has 28 heavy (non-hydrogen) atoms. The van der Waals surface area contributed by atoms with Crippen LogP contribution in [0.25, 0.3) is 0 Å². The van der Waals surface area contributed by atoms with Crippen LogP contribution >= 0.6 is 0 Å². The van der Waals surface area contributed by atoms with Crippen molar-refractivity contribution in [1.82, 2.24) is 0 Å². The summed E-state index contributed by atoms with van der Waals surface area (Å²) in [6.45, 7) is 2.10. The van der Waals surface area contributed by atoms with Crippen LogP contribution in [0.2, 0.25) is 0 Å². The van der Waals surface area contributed by atoms with Gasteiger partial charge in [0.1, 0.15) is 6.10 Å². The number of hydrogen-bond donors (Lipinski definition) is 4. The van der Waals surface area contributed by atoms with Gasteiger partial charge in [0.15, 0.2) is 0 Å². The molecule has 0 amide bonds. The molecular formula is C22H34O6. The predicted molar refractivity (Wildman–Crippen MR) is 109 cm³/mol. The van der Waals surface area contributed by atoms with Crippen molar-refractivity contribution in [1.29, 1.82) is 0 Å². The van der Waals surface area contributed by atoms with E-state index in [2.05, 4.69) is 31.2 Å². The summed E-state index contributed by atoms with van der Waals surface area (Å²) >= 11 is 0. The SMILES string of the molecule is CC/C=C\C/C=C\C/C=C\C[C@@H](O)/C=C/[C@@H]1O[C@H]([C@@H](O)CCC(=O)O)C[C@@H]1O. The molecule has 1 aliphatic rings. The van der Waals surface area contributed by atoms with Gasteiger partial charge in [-0.15, -0.1) is 0 Å². The normalized spacial score (nSPS) is 25.5. The van der Waals surface area contributed by atoms with Gasteiger partial charge < -0.3 is 25.2 Å². The molecule has 6 heteroatoms. The summed E-state index contributed by atoms with van der Waals surface area (Å²) in [4.78, 5) is 10.6. The summed E-state index contributed by atoms with van der Waals surface area (Å²) in [6.07, 6.45) is 15.4. The van der Waals surface area contributed by atoms with Gasteiger partial charge in [0.05, 0.1) is 24.4 Å². The smallest absolute Gasteiger partial charge is 0.303 e. The number of ether oxygens (including phenoxy) is 1. The van der Waals surface area contributed by atoms with Gasteiger partial charge in [-0.25, -0.2) is 0 Å². The molecule has 0 unspecified atom stereocenters. The molecule has 1 heterocycles. The molecule has 0 spiro atoms. The average molecular weight is 395 g/mol. The Morgan fingerprint density at radius 2 is 1.75 bits per heavy atom. The second-order valence-corrected chi connectivity index (χ2v) is 6.92. The zero-order chi connectivity index (χ0) is 20.8. The molecule has 6 nitrogen and oxygen atoms in total. The van der Waals surface area contributed by atoms with Crippen LogP contribution < -0.4 is 0 Å². The van der Waals surface area contributed by atoms with E-state index < -0.39 is 36.5 Å². The molecule has 0 aromatic rings. The molecule has 1 rings (SSSR count). The van der Waals surface area contributed by atoms with Gasteiger partial charge in [-0.3, -0.25) is 4.79 Å². The first kappa shape index (κ1) is 24.3. The lowest BCUT2D eigenvalue weighted by Gasteiger charge is -2.17. The Balaban J connectivity index is 2.29. The van der Waals surface area contributed by atoms with Crippen LogP contribution in [0.3, 0.4) is 0 Å². The van der Waals surface area contributed by atoms with E-state index in [-0.39, 0.29) is 19.3 Å². The van der Waals surface area contributed by atoms with E-state index in [4.69, 9.17) is 9.84 Å². The highest BCUT2D eigenvalue weighted by atomic mass is 16.5. The second-order valence-electron chi connectivity index (χ2n) is 6.92. The molecule has 0 aromatic carbocycles. The molecule has 1 aliphatic heterocycles. The zero-order valence-electron chi connectivity index (χ0n) is 16.6. The van der Waals surface area contributed by atoms with E-state index in [9.17, 15) is 20.1 Å². The van der Waals surface area contributed by atoms with Crippen molar-refractivity contribution in [2.75, 3.05) is 0 Å². The number of carboxylic acids is 1. The van der Waals surface area contributed by atoms with Crippen molar-refractivity contribution in [3.63, 3.8) is 0 Å². The third-order valence-corrected chi connectivity index (χ3v) is 4.45. The van der Waals surface area contributed by atoms with Crippen molar-refractivity contribution in [3.8, 4) is 0 Å². The van der Waals surface area contributed by atoms with Crippen molar-refractivity contribution in [2.45, 2.75) is 82.4 Å².